The van der Waals surface area contributed by atoms with Crippen molar-refractivity contribution in [1.29, 1.82) is 5.26 Å². The summed E-state index contributed by atoms with van der Waals surface area (Å²) in [6.07, 6.45) is 4.38. The van der Waals surface area contributed by atoms with Crippen LogP contribution in [0.4, 0.5) is 0 Å². The van der Waals surface area contributed by atoms with Gasteiger partial charge in [-0.05, 0) is 19.8 Å². The number of rotatable bonds is 5. The van der Waals surface area contributed by atoms with Crippen LogP contribution in [0.15, 0.2) is 11.6 Å². The van der Waals surface area contributed by atoms with Gasteiger partial charge >= 0.3 is 0 Å². The molecule has 1 aliphatic heterocycles. The molecule has 0 amide bonds. The van der Waals surface area contributed by atoms with Crippen molar-refractivity contribution in [2.75, 3.05) is 20.1 Å². The van der Waals surface area contributed by atoms with Gasteiger partial charge in [0.2, 0.25) is 0 Å². The molecule has 1 saturated heterocycles. The summed E-state index contributed by atoms with van der Waals surface area (Å²) < 4.78 is 28.3. The lowest BCUT2D eigenvalue weighted by atomic mass is 10.1. The van der Waals surface area contributed by atoms with Crippen molar-refractivity contribution >= 4 is 21.5 Å². The Bertz CT molecular complexity index is 594. The fourth-order valence-electron chi connectivity index (χ4n) is 2.53. The summed E-state index contributed by atoms with van der Waals surface area (Å²) in [4.78, 5) is 4.28. The smallest absolute Gasteiger partial charge is 0.248 e. The zero-order valence-corrected chi connectivity index (χ0v) is 13.9. The average Bonchev–Trinajstić information content (AvgIpc) is 3.01. The zero-order valence-electron chi connectivity index (χ0n) is 12.3. The Balaban J connectivity index is 2.22. The molecular weight excluding hydrogens is 308 g/mol. The van der Waals surface area contributed by atoms with Gasteiger partial charge in [-0.25, -0.2) is 4.98 Å². The van der Waals surface area contributed by atoms with Crippen LogP contribution in [-0.2, 0) is 10.2 Å². The fraction of sp³-hybridized carbons (Fsp3) is 0.692. The van der Waals surface area contributed by atoms with E-state index in [1.54, 1.807) is 17.4 Å². The van der Waals surface area contributed by atoms with E-state index in [-0.39, 0.29) is 18.5 Å². The molecule has 116 valence electrons. The monoisotopic (exact) mass is 328 g/mol. The van der Waals surface area contributed by atoms with Crippen molar-refractivity contribution < 1.29 is 8.42 Å². The van der Waals surface area contributed by atoms with E-state index in [0.717, 1.165) is 24.3 Å². The first-order valence-corrected chi connectivity index (χ1v) is 9.26. The quantitative estimate of drug-likeness (QED) is 0.828. The average molecular weight is 328 g/mol. The van der Waals surface area contributed by atoms with Crippen molar-refractivity contribution in [1.82, 2.24) is 13.6 Å². The highest BCUT2D eigenvalue weighted by Gasteiger charge is 2.37. The fourth-order valence-corrected chi connectivity index (χ4v) is 5.04. The number of nitriles is 1. The lowest BCUT2D eigenvalue weighted by Gasteiger charge is -2.36. The van der Waals surface area contributed by atoms with Gasteiger partial charge in [0.15, 0.2) is 0 Å². The first-order valence-electron chi connectivity index (χ1n) is 6.99. The summed E-state index contributed by atoms with van der Waals surface area (Å²) in [5.74, 6) is -0.326. The van der Waals surface area contributed by atoms with Gasteiger partial charge in [0.05, 0.1) is 18.0 Å². The molecule has 0 radical (unpaired) electrons. The summed E-state index contributed by atoms with van der Waals surface area (Å²) in [5.41, 5.74) is 0. The Morgan fingerprint density at radius 2 is 2.38 bits per heavy atom. The second-order valence-corrected chi connectivity index (χ2v) is 8.23. The summed E-state index contributed by atoms with van der Waals surface area (Å²) in [7, 11) is -2.02. The van der Waals surface area contributed by atoms with Gasteiger partial charge in [-0.2, -0.15) is 22.3 Å². The van der Waals surface area contributed by atoms with Crippen LogP contribution in [0.2, 0.25) is 0 Å². The highest BCUT2D eigenvalue weighted by atomic mass is 32.2. The molecule has 2 rings (SSSR count). The normalized spacial score (nSPS) is 22.1. The van der Waals surface area contributed by atoms with E-state index in [9.17, 15) is 8.42 Å². The molecule has 0 bridgehead atoms. The molecule has 0 spiro atoms. The number of aromatic nitrogens is 1. The van der Waals surface area contributed by atoms with Crippen molar-refractivity contribution in [3.8, 4) is 6.07 Å². The van der Waals surface area contributed by atoms with Crippen LogP contribution >= 0.6 is 11.3 Å². The number of thiazole rings is 1. The van der Waals surface area contributed by atoms with E-state index in [1.807, 2.05) is 5.38 Å². The molecule has 21 heavy (non-hydrogen) atoms. The lowest BCUT2D eigenvalue weighted by Crippen LogP contribution is -2.46. The van der Waals surface area contributed by atoms with Crippen LogP contribution in [0.1, 0.15) is 37.2 Å². The minimum atomic E-state index is -3.56. The molecule has 0 N–H and O–H groups in total. The van der Waals surface area contributed by atoms with Crippen LogP contribution in [0.3, 0.4) is 0 Å². The van der Waals surface area contributed by atoms with Crippen LogP contribution in [0.5, 0.6) is 0 Å². The van der Waals surface area contributed by atoms with Crippen LogP contribution in [0.25, 0.3) is 0 Å². The van der Waals surface area contributed by atoms with Crippen LogP contribution in [-0.4, -0.2) is 42.1 Å². The van der Waals surface area contributed by atoms with Crippen LogP contribution < -0.4 is 0 Å². The first-order chi connectivity index (χ1) is 9.96. The van der Waals surface area contributed by atoms with Gasteiger partial charge in [0, 0.05) is 31.7 Å². The van der Waals surface area contributed by atoms with Gasteiger partial charge < -0.3 is 0 Å². The predicted octanol–water partition coefficient (Wildman–Crippen LogP) is 2.01. The number of nitrogens with zero attached hydrogens (tertiary/aromatic N) is 4. The maximum absolute atomic E-state index is 12.8. The maximum Gasteiger partial charge on any atom is 0.282 e. The number of hydrogen-bond donors (Lipinski definition) is 0. The van der Waals surface area contributed by atoms with E-state index >= 15 is 0 Å². The van der Waals surface area contributed by atoms with Crippen molar-refractivity contribution in [3.05, 3.63) is 16.6 Å². The van der Waals surface area contributed by atoms with Gasteiger partial charge in [-0.1, -0.05) is 6.42 Å². The first kappa shape index (κ1) is 16.4. The molecule has 8 heteroatoms. The van der Waals surface area contributed by atoms with Crippen LogP contribution in [0, 0.1) is 17.2 Å². The summed E-state index contributed by atoms with van der Waals surface area (Å²) >= 11 is 1.49. The van der Waals surface area contributed by atoms with Crippen molar-refractivity contribution in [2.24, 2.45) is 5.92 Å². The molecule has 2 atom stereocenters. The third-order valence-electron chi connectivity index (χ3n) is 3.63. The Morgan fingerprint density at radius 3 is 3.00 bits per heavy atom. The zero-order chi connectivity index (χ0) is 15.5. The molecule has 6 nitrogen and oxygen atoms in total. The lowest BCUT2D eigenvalue weighted by molar-refractivity contribution is 0.236. The SMILES string of the molecule is C[C@@H](C#N)CN(C)S(=O)(=O)N1CCCC[C@H]1c1nccs1. The molecule has 0 saturated carbocycles. The Labute approximate surface area is 130 Å². The largest absolute Gasteiger partial charge is 0.282 e. The second kappa shape index (κ2) is 6.83. The number of piperidine rings is 1. The van der Waals surface area contributed by atoms with Crippen molar-refractivity contribution in [3.63, 3.8) is 0 Å². The standard InChI is InChI=1S/C13H20N4O2S2/c1-11(9-14)10-16(2)21(18,19)17-7-4-3-5-12(17)13-15-6-8-20-13/h6,8,11-12H,3-5,7,10H2,1-2H3/t11-,12-/m0/s1. The maximum atomic E-state index is 12.8. The van der Waals surface area contributed by atoms with E-state index in [1.165, 1.54) is 22.7 Å². The minimum Gasteiger partial charge on any atom is -0.248 e. The van der Waals surface area contributed by atoms with E-state index in [2.05, 4.69) is 11.1 Å². The summed E-state index contributed by atoms with van der Waals surface area (Å²) in [6, 6.07) is 1.90. The third-order valence-corrected chi connectivity index (χ3v) is 6.48. The third kappa shape index (κ3) is 3.61. The van der Waals surface area contributed by atoms with Gasteiger partial charge in [-0.3, -0.25) is 0 Å². The van der Waals surface area contributed by atoms with E-state index in [4.69, 9.17) is 5.26 Å². The molecule has 0 unspecified atom stereocenters. The molecular formula is C13H20N4O2S2. The Kier molecular flexibility index (Phi) is 5.32. The van der Waals surface area contributed by atoms with Gasteiger partial charge in [-0.15, -0.1) is 11.3 Å². The van der Waals surface area contributed by atoms with Gasteiger partial charge in [0.25, 0.3) is 10.2 Å². The molecule has 1 aromatic rings. The molecule has 1 aromatic heterocycles. The highest BCUT2D eigenvalue weighted by molar-refractivity contribution is 7.86. The highest BCUT2D eigenvalue weighted by Crippen LogP contribution is 2.34. The van der Waals surface area contributed by atoms with E-state index < -0.39 is 10.2 Å². The Hall–Kier alpha value is -1.01. The molecule has 2 heterocycles. The number of hydrogen-bond acceptors (Lipinski definition) is 5. The molecule has 1 aliphatic rings. The predicted molar refractivity (Wildman–Crippen MR) is 81.7 cm³/mol. The Morgan fingerprint density at radius 1 is 1.62 bits per heavy atom. The topological polar surface area (TPSA) is 77.3 Å². The molecule has 0 aliphatic carbocycles. The molecule has 0 aromatic carbocycles. The van der Waals surface area contributed by atoms with Gasteiger partial charge in [0.1, 0.15) is 5.01 Å². The van der Waals surface area contributed by atoms with E-state index in [0.29, 0.717) is 6.54 Å². The summed E-state index contributed by atoms with van der Waals surface area (Å²) in [5, 5.41) is 11.6. The molecule has 1 fully saturated rings. The summed E-state index contributed by atoms with van der Waals surface area (Å²) in [6.45, 7) is 2.44. The minimum absolute atomic E-state index is 0.177. The van der Waals surface area contributed by atoms with Crippen molar-refractivity contribution in [2.45, 2.75) is 32.2 Å². The second-order valence-electron chi connectivity index (χ2n) is 5.31.